The first-order valence-electron chi connectivity index (χ1n) is 36.5. The van der Waals surface area contributed by atoms with Crippen molar-refractivity contribution in [3.63, 3.8) is 0 Å². The summed E-state index contributed by atoms with van der Waals surface area (Å²) in [6.07, 6.45) is 47.2. The number of esters is 4. The minimum atomic E-state index is -4.95. The molecule has 3 unspecified atom stereocenters. The largest absolute Gasteiger partial charge is 0.472 e. The van der Waals surface area contributed by atoms with Crippen molar-refractivity contribution >= 4 is 39.5 Å². The Labute approximate surface area is 543 Å². The van der Waals surface area contributed by atoms with Gasteiger partial charge < -0.3 is 33.8 Å². The van der Waals surface area contributed by atoms with Crippen LogP contribution in [0.1, 0.15) is 356 Å². The topological polar surface area (TPSA) is 237 Å². The molecule has 0 radical (unpaired) electrons. The fourth-order valence-corrected chi connectivity index (χ4v) is 12.1. The monoisotopic (exact) mass is 1310 g/mol. The molecule has 0 saturated carbocycles. The summed E-state index contributed by atoms with van der Waals surface area (Å²) < 4.78 is 68.2. The van der Waals surface area contributed by atoms with Crippen LogP contribution in [-0.2, 0) is 65.4 Å². The van der Waals surface area contributed by atoms with Gasteiger partial charge in [-0.2, -0.15) is 0 Å². The maximum absolute atomic E-state index is 13.0. The van der Waals surface area contributed by atoms with E-state index in [0.717, 1.165) is 108 Å². The van der Waals surface area contributed by atoms with E-state index in [1.807, 2.05) is 0 Å². The van der Waals surface area contributed by atoms with E-state index < -0.39 is 97.5 Å². The van der Waals surface area contributed by atoms with Crippen molar-refractivity contribution in [2.75, 3.05) is 39.6 Å². The number of unbranched alkanes of at least 4 members (excludes halogenated alkanes) is 38. The lowest BCUT2D eigenvalue weighted by molar-refractivity contribution is -0.161. The molecule has 3 N–H and O–H groups in total. The zero-order valence-corrected chi connectivity index (χ0v) is 59.5. The Balaban J connectivity index is 5.18. The predicted molar refractivity (Wildman–Crippen MR) is 358 cm³/mol. The van der Waals surface area contributed by atoms with E-state index >= 15 is 0 Å². The summed E-state index contributed by atoms with van der Waals surface area (Å²) in [5.41, 5.74) is 0. The molecule has 6 atom stereocenters. The number of rotatable bonds is 69. The minimum absolute atomic E-state index is 0.106. The maximum Gasteiger partial charge on any atom is 0.472 e. The highest BCUT2D eigenvalue weighted by molar-refractivity contribution is 7.47. The van der Waals surface area contributed by atoms with Gasteiger partial charge in [0.1, 0.15) is 19.3 Å². The Morgan fingerprint density at radius 1 is 0.326 bits per heavy atom. The van der Waals surface area contributed by atoms with Crippen molar-refractivity contribution in [1.82, 2.24) is 0 Å². The molecule has 0 aromatic heterocycles. The molecule has 0 bridgehead atoms. The molecule has 0 fully saturated rings. The highest BCUT2D eigenvalue weighted by atomic mass is 31.2. The van der Waals surface area contributed by atoms with Gasteiger partial charge in [-0.05, 0) is 37.5 Å². The number of phosphoric acid groups is 2. The van der Waals surface area contributed by atoms with E-state index in [1.165, 1.54) is 167 Å². The lowest BCUT2D eigenvalue weighted by atomic mass is 10.00. The minimum Gasteiger partial charge on any atom is -0.462 e. The molecule has 89 heavy (non-hydrogen) atoms. The summed E-state index contributed by atoms with van der Waals surface area (Å²) in [6.45, 7) is 9.52. The van der Waals surface area contributed by atoms with E-state index in [1.54, 1.807) is 0 Å². The number of aliphatic hydroxyl groups is 1. The van der Waals surface area contributed by atoms with Gasteiger partial charge >= 0.3 is 39.5 Å². The van der Waals surface area contributed by atoms with Crippen molar-refractivity contribution in [2.45, 2.75) is 374 Å². The lowest BCUT2D eigenvalue weighted by Gasteiger charge is -2.21. The molecule has 17 nitrogen and oxygen atoms in total. The molecule has 0 spiro atoms. The zero-order valence-electron chi connectivity index (χ0n) is 57.7. The first-order chi connectivity index (χ1) is 42.9. The molecule has 0 aliphatic rings. The van der Waals surface area contributed by atoms with Gasteiger partial charge in [-0.3, -0.25) is 37.3 Å². The second-order valence-corrected chi connectivity index (χ2v) is 28.9. The number of ether oxygens (including phenoxy) is 4. The predicted octanol–water partition coefficient (Wildman–Crippen LogP) is 20.0. The molecule has 528 valence electrons. The molecular formula is C70H136O17P2. The third kappa shape index (κ3) is 63.2. The zero-order chi connectivity index (χ0) is 65.7. The lowest BCUT2D eigenvalue weighted by Crippen LogP contribution is -2.30. The maximum atomic E-state index is 13.0. The summed E-state index contributed by atoms with van der Waals surface area (Å²) in [7, 11) is -9.90. The SMILES string of the molecule is CCCCCCCCCCCCC(=O)OC[C@H](COP(=O)(O)OC[C@H](O)COP(=O)(O)OC[C@@H](COC(=O)CCCCCCCCC(C)CC)OC(=O)CCCCCCCCCCCCCCCCCCC(C)C)OC(=O)CCCCCCCCCCCC. The van der Waals surface area contributed by atoms with Gasteiger partial charge in [0, 0.05) is 25.7 Å². The fraction of sp³-hybridized carbons (Fsp3) is 0.943. The fourth-order valence-electron chi connectivity index (χ4n) is 10.6. The average molecular weight is 1310 g/mol. The number of hydrogen-bond acceptors (Lipinski definition) is 15. The van der Waals surface area contributed by atoms with Crippen LogP contribution >= 0.6 is 15.6 Å². The number of aliphatic hydroxyl groups excluding tert-OH is 1. The van der Waals surface area contributed by atoms with Gasteiger partial charge in [0.05, 0.1) is 26.4 Å². The molecule has 0 aromatic rings. The Morgan fingerprint density at radius 2 is 0.573 bits per heavy atom. The van der Waals surface area contributed by atoms with E-state index in [2.05, 4.69) is 41.5 Å². The first-order valence-corrected chi connectivity index (χ1v) is 39.5. The summed E-state index contributed by atoms with van der Waals surface area (Å²) >= 11 is 0. The summed E-state index contributed by atoms with van der Waals surface area (Å²) in [6, 6.07) is 0. The van der Waals surface area contributed by atoms with Crippen molar-refractivity contribution < 1.29 is 80.2 Å². The van der Waals surface area contributed by atoms with Crippen molar-refractivity contribution in [1.29, 1.82) is 0 Å². The van der Waals surface area contributed by atoms with Gasteiger partial charge in [-0.1, -0.05) is 305 Å². The molecule has 0 aromatic carbocycles. The number of hydrogen-bond donors (Lipinski definition) is 3. The van der Waals surface area contributed by atoms with Gasteiger partial charge in [0.25, 0.3) is 0 Å². The molecule has 19 heteroatoms. The van der Waals surface area contributed by atoms with Crippen LogP contribution in [0.4, 0.5) is 0 Å². The molecule has 0 rings (SSSR count). The Morgan fingerprint density at radius 3 is 0.854 bits per heavy atom. The van der Waals surface area contributed by atoms with E-state index in [4.69, 9.17) is 37.0 Å². The Bertz CT molecular complexity index is 1740. The van der Waals surface area contributed by atoms with E-state index in [9.17, 15) is 43.2 Å². The van der Waals surface area contributed by atoms with Crippen LogP contribution in [-0.4, -0.2) is 96.7 Å². The van der Waals surface area contributed by atoms with Crippen LogP contribution < -0.4 is 0 Å². The Hall–Kier alpha value is -1.94. The smallest absolute Gasteiger partial charge is 0.462 e. The highest BCUT2D eigenvalue weighted by Gasteiger charge is 2.30. The number of carbonyl (C=O) groups is 4. The van der Waals surface area contributed by atoms with Gasteiger partial charge in [-0.25, -0.2) is 9.13 Å². The van der Waals surface area contributed by atoms with Crippen LogP contribution in [0.2, 0.25) is 0 Å². The van der Waals surface area contributed by atoms with E-state index in [-0.39, 0.29) is 25.7 Å². The highest BCUT2D eigenvalue weighted by Crippen LogP contribution is 2.45. The normalized spacial score (nSPS) is 14.4. The van der Waals surface area contributed by atoms with Crippen LogP contribution in [0.3, 0.4) is 0 Å². The van der Waals surface area contributed by atoms with Crippen LogP contribution in [0.15, 0.2) is 0 Å². The van der Waals surface area contributed by atoms with Gasteiger partial charge in [0.15, 0.2) is 12.2 Å². The van der Waals surface area contributed by atoms with Crippen LogP contribution in [0.25, 0.3) is 0 Å². The van der Waals surface area contributed by atoms with Crippen molar-refractivity contribution in [3.05, 3.63) is 0 Å². The standard InChI is InChI=1S/C70H136O17P2/c1-7-10-12-14-16-18-29-33-40-46-52-67(72)80-58-65(86-69(74)54-48-42-34-30-19-17-15-13-11-8-2)60-84-88(76,77)82-56-64(71)57-83-89(78,79)85-61-66(59-81-68(73)53-47-41-37-36-39-45-51-63(6)9-3)87-70(75)55-49-43-35-31-27-25-23-21-20-22-24-26-28-32-38-44-50-62(4)5/h62-66,71H,7-61H2,1-6H3,(H,76,77)(H,78,79)/t63?,64-,65+,66+/m0/s1. The van der Waals surface area contributed by atoms with Gasteiger partial charge in [-0.15, -0.1) is 0 Å². The van der Waals surface area contributed by atoms with Crippen molar-refractivity contribution in [3.8, 4) is 0 Å². The Kier molecular flexibility index (Phi) is 60.8. The number of carbonyl (C=O) groups excluding carboxylic acids is 4. The molecule has 0 aliphatic heterocycles. The molecular weight excluding hydrogens is 1170 g/mol. The van der Waals surface area contributed by atoms with E-state index in [0.29, 0.717) is 25.7 Å². The molecule has 0 saturated heterocycles. The van der Waals surface area contributed by atoms with Gasteiger partial charge in [0.2, 0.25) is 0 Å². The molecule has 0 heterocycles. The summed E-state index contributed by atoms with van der Waals surface area (Å²) in [5, 5.41) is 10.6. The number of phosphoric ester groups is 2. The second-order valence-electron chi connectivity index (χ2n) is 26.0. The van der Waals surface area contributed by atoms with Crippen LogP contribution in [0.5, 0.6) is 0 Å². The van der Waals surface area contributed by atoms with Crippen LogP contribution in [0, 0.1) is 11.8 Å². The molecule has 0 amide bonds. The third-order valence-corrected chi connectivity index (χ3v) is 18.5. The quantitative estimate of drug-likeness (QED) is 0.0222. The average Bonchev–Trinajstić information content (AvgIpc) is 3.72. The molecule has 0 aliphatic carbocycles. The summed E-state index contributed by atoms with van der Waals surface area (Å²) in [5.74, 6) is -0.586. The second kappa shape index (κ2) is 62.2. The summed E-state index contributed by atoms with van der Waals surface area (Å²) in [4.78, 5) is 72.4. The first kappa shape index (κ1) is 87.1. The third-order valence-electron chi connectivity index (χ3n) is 16.6. The van der Waals surface area contributed by atoms with Crippen molar-refractivity contribution in [2.24, 2.45) is 11.8 Å².